The van der Waals surface area contributed by atoms with Crippen LogP contribution in [0.3, 0.4) is 0 Å². The molecule has 1 aromatic rings. The molecule has 18 heavy (non-hydrogen) atoms. The van der Waals surface area contributed by atoms with Gasteiger partial charge in [-0.05, 0) is 24.6 Å². The molecule has 0 aliphatic carbocycles. The van der Waals surface area contributed by atoms with Crippen LogP contribution in [0.1, 0.15) is 12.5 Å². The Morgan fingerprint density at radius 2 is 2.28 bits per heavy atom. The van der Waals surface area contributed by atoms with Gasteiger partial charge >= 0.3 is 5.97 Å². The fourth-order valence-electron chi connectivity index (χ4n) is 1.69. The zero-order valence-corrected chi connectivity index (χ0v) is 9.71. The molecule has 0 saturated carbocycles. The summed E-state index contributed by atoms with van der Waals surface area (Å²) >= 11 is 0. The molecular formula is C12H13NO5. The summed E-state index contributed by atoms with van der Waals surface area (Å²) < 4.78 is 5.36. The van der Waals surface area contributed by atoms with Crippen LogP contribution in [0.25, 0.3) is 0 Å². The third kappa shape index (κ3) is 2.43. The summed E-state index contributed by atoms with van der Waals surface area (Å²) in [4.78, 5) is 22.0. The van der Waals surface area contributed by atoms with E-state index < -0.39 is 18.2 Å². The molecule has 2 rings (SSSR count). The molecule has 0 radical (unpaired) electrons. The average Bonchev–Trinajstić information content (AvgIpc) is 2.31. The van der Waals surface area contributed by atoms with Gasteiger partial charge in [-0.15, -0.1) is 0 Å². The Bertz CT molecular complexity index is 499. The van der Waals surface area contributed by atoms with Crippen LogP contribution in [0.4, 0.5) is 5.69 Å². The van der Waals surface area contributed by atoms with Crippen LogP contribution in [0, 0.1) is 0 Å². The third-order valence-corrected chi connectivity index (χ3v) is 2.69. The number of aliphatic carboxylic acids is 1. The quantitative estimate of drug-likeness (QED) is 0.722. The number of anilines is 1. The molecule has 2 unspecified atom stereocenters. The minimum atomic E-state index is -1.46. The fraction of sp³-hybridized carbons (Fsp3) is 0.333. The second-order valence-corrected chi connectivity index (χ2v) is 4.14. The number of amides is 1. The van der Waals surface area contributed by atoms with E-state index in [9.17, 15) is 14.7 Å². The van der Waals surface area contributed by atoms with Crippen LogP contribution in [0.15, 0.2) is 18.2 Å². The van der Waals surface area contributed by atoms with Crippen molar-refractivity contribution in [3.05, 3.63) is 23.8 Å². The van der Waals surface area contributed by atoms with Crippen molar-refractivity contribution in [2.45, 2.75) is 25.6 Å². The highest BCUT2D eigenvalue weighted by molar-refractivity contribution is 5.97. The second kappa shape index (κ2) is 4.66. The molecular weight excluding hydrogens is 238 g/mol. The van der Waals surface area contributed by atoms with Crippen molar-refractivity contribution in [2.75, 3.05) is 5.32 Å². The van der Waals surface area contributed by atoms with Crippen molar-refractivity contribution in [3.8, 4) is 5.75 Å². The van der Waals surface area contributed by atoms with Gasteiger partial charge in [-0.3, -0.25) is 4.79 Å². The number of fused-ring (bicyclic) bond motifs is 1. The SMILES string of the molecule is CC1Oc2ccc(CC(O)C(=O)O)cc2NC1=O. The zero-order valence-electron chi connectivity index (χ0n) is 9.71. The minimum Gasteiger partial charge on any atom is -0.479 e. The molecule has 1 aromatic carbocycles. The van der Waals surface area contributed by atoms with Gasteiger partial charge in [-0.1, -0.05) is 6.07 Å². The predicted molar refractivity (Wildman–Crippen MR) is 62.5 cm³/mol. The van der Waals surface area contributed by atoms with E-state index >= 15 is 0 Å². The van der Waals surface area contributed by atoms with Crippen LogP contribution in [0.2, 0.25) is 0 Å². The maximum atomic E-state index is 11.4. The lowest BCUT2D eigenvalue weighted by Crippen LogP contribution is -2.34. The second-order valence-electron chi connectivity index (χ2n) is 4.14. The van der Waals surface area contributed by atoms with Crippen molar-refractivity contribution in [1.29, 1.82) is 0 Å². The van der Waals surface area contributed by atoms with Crippen LogP contribution in [-0.2, 0) is 16.0 Å². The lowest BCUT2D eigenvalue weighted by molar-refractivity contribution is -0.146. The number of carbonyl (C=O) groups is 2. The summed E-state index contributed by atoms with van der Waals surface area (Å²) in [6.07, 6.45) is -2.02. The number of nitrogens with one attached hydrogen (secondary N) is 1. The molecule has 0 bridgehead atoms. The van der Waals surface area contributed by atoms with Gasteiger partial charge in [0, 0.05) is 6.42 Å². The first-order valence-corrected chi connectivity index (χ1v) is 5.48. The van der Waals surface area contributed by atoms with E-state index in [0.29, 0.717) is 17.0 Å². The summed E-state index contributed by atoms with van der Waals surface area (Å²) in [5.74, 6) is -0.990. The monoisotopic (exact) mass is 251 g/mol. The Morgan fingerprint density at radius 3 is 2.94 bits per heavy atom. The molecule has 0 saturated heterocycles. The number of ether oxygens (including phenoxy) is 1. The van der Waals surface area contributed by atoms with Gasteiger partial charge in [0.25, 0.3) is 5.91 Å². The zero-order chi connectivity index (χ0) is 13.3. The van der Waals surface area contributed by atoms with Crippen LogP contribution in [-0.4, -0.2) is 34.3 Å². The number of aliphatic hydroxyl groups is 1. The van der Waals surface area contributed by atoms with Gasteiger partial charge in [-0.25, -0.2) is 4.79 Å². The first-order valence-electron chi connectivity index (χ1n) is 5.48. The standard InChI is InChI=1S/C12H13NO5/c1-6-11(15)13-8-4-7(2-3-10(8)18-6)5-9(14)12(16)17/h2-4,6,9,14H,5H2,1H3,(H,13,15)(H,16,17). The third-order valence-electron chi connectivity index (χ3n) is 2.69. The topological polar surface area (TPSA) is 95.9 Å². The van der Waals surface area contributed by atoms with E-state index in [1.807, 2.05) is 0 Å². The lowest BCUT2D eigenvalue weighted by atomic mass is 10.1. The van der Waals surface area contributed by atoms with Gasteiger partial charge in [0.1, 0.15) is 5.75 Å². The highest BCUT2D eigenvalue weighted by Crippen LogP contribution is 2.30. The minimum absolute atomic E-state index is 0.0198. The summed E-state index contributed by atoms with van der Waals surface area (Å²) in [6, 6.07) is 4.91. The summed E-state index contributed by atoms with van der Waals surface area (Å²) in [5, 5.41) is 20.5. The van der Waals surface area contributed by atoms with Gasteiger partial charge in [0.2, 0.25) is 0 Å². The largest absolute Gasteiger partial charge is 0.479 e. The maximum absolute atomic E-state index is 11.4. The molecule has 1 aliphatic heterocycles. The summed E-state index contributed by atoms with van der Waals surface area (Å²) in [5.41, 5.74) is 1.11. The fourth-order valence-corrected chi connectivity index (χ4v) is 1.69. The van der Waals surface area contributed by atoms with E-state index in [4.69, 9.17) is 9.84 Å². The Morgan fingerprint density at radius 1 is 1.56 bits per heavy atom. The van der Waals surface area contributed by atoms with Crippen LogP contribution in [0.5, 0.6) is 5.75 Å². The van der Waals surface area contributed by atoms with Crippen molar-refractivity contribution in [3.63, 3.8) is 0 Å². The number of benzene rings is 1. The molecule has 2 atom stereocenters. The number of hydrogen-bond acceptors (Lipinski definition) is 4. The van der Waals surface area contributed by atoms with Crippen LogP contribution < -0.4 is 10.1 Å². The number of rotatable bonds is 3. The van der Waals surface area contributed by atoms with Crippen LogP contribution >= 0.6 is 0 Å². The number of carboxylic acids is 1. The summed E-state index contributed by atoms with van der Waals surface area (Å²) in [7, 11) is 0. The van der Waals surface area contributed by atoms with Gasteiger partial charge < -0.3 is 20.3 Å². The highest BCUT2D eigenvalue weighted by atomic mass is 16.5. The first kappa shape index (κ1) is 12.4. The van der Waals surface area contributed by atoms with E-state index in [-0.39, 0.29) is 12.3 Å². The molecule has 1 heterocycles. The Labute approximate surface area is 103 Å². The van der Waals surface area contributed by atoms with Gasteiger partial charge in [0.05, 0.1) is 5.69 Å². The number of carbonyl (C=O) groups excluding carboxylic acids is 1. The van der Waals surface area contributed by atoms with Crippen molar-refractivity contribution < 1.29 is 24.5 Å². The lowest BCUT2D eigenvalue weighted by Gasteiger charge is -2.23. The van der Waals surface area contributed by atoms with Gasteiger partial charge in [0.15, 0.2) is 12.2 Å². The van der Waals surface area contributed by atoms with E-state index in [1.165, 1.54) is 0 Å². The van der Waals surface area contributed by atoms with Crippen molar-refractivity contribution >= 4 is 17.6 Å². The predicted octanol–water partition coefficient (Wildman–Crippen LogP) is 0.394. The van der Waals surface area contributed by atoms with Gasteiger partial charge in [-0.2, -0.15) is 0 Å². The van der Waals surface area contributed by atoms with Crippen molar-refractivity contribution in [2.24, 2.45) is 0 Å². The Hall–Kier alpha value is -2.08. The molecule has 0 aromatic heterocycles. The Balaban J connectivity index is 2.20. The summed E-state index contributed by atoms with van der Waals surface area (Å²) in [6.45, 7) is 1.64. The molecule has 3 N–H and O–H groups in total. The maximum Gasteiger partial charge on any atom is 0.332 e. The Kier molecular flexibility index (Phi) is 3.20. The molecule has 1 amide bonds. The van der Waals surface area contributed by atoms with E-state index in [0.717, 1.165) is 0 Å². The smallest absolute Gasteiger partial charge is 0.332 e. The molecule has 6 nitrogen and oxygen atoms in total. The molecule has 96 valence electrons. The van der Waals surface area contributed by atoms with E-state index in [1.54, 1.807) is 25.1 Å². The highest BCUT2D eigenvalue weighted by Gasteiger charge is 2.24. The number of hydrogen-bond donors (Lipinski definition) is 3. The molecule has 0 fully saturated rings. The molecule has 1 aliphatic rings. The normalized spacial score (nSPS) is 19.4. The van der Waals surface area contributed by atoms with Crippen molar-refractivity contribution in [1.82, 2.24) is 0 Å². The first-order chi connectivity index (χ1) is 8.47. The average molecular weight is 251 g/mol. The molecule has 0 spiro atoms. The van der Waals surface area contributed by atoms with E-state index in [2.05, 4.69) is 5.32 Å². The molecule has 6 heteroatoms. The number of carboxylic acid groups (broad SMARTS) is 1. The number of aliphatic hydroxyl groups excluding tert-OH is 1.